The Hall–Kier alpha value is 0.123. The average molecular weight is 203 g/mol. The van der Waals surface area contributed by atoms with E-state index in [1.807, 2.05) is 13.8 Å². The van der Waals surface area contributed by atoms with Crippen LogP contribution in [0.15, 0.2) is 0 Å². The maximum atomic E-state index is 10.3. The topological polar surface area (TPSA) is 43.1 Å². The molecule has 0 aliphatic heterocycles. The molecular weight excluding hydrogens is 193 g/mol. The quantitative estimate of drug-likeness (QED) is 0.519. The van der Waals surface area contributed by atoms with Gasteiger partial charge in [0.05, 0.1) is 0 Å². The molecule has 0 saturated carbocycles. The van der Waals surface area contributed by atoms with Crippen molar-refractivity contribution >= 4 is 5.78 Å². The van der Waals surface area contributed by atoms with Crippen LogP contribution >= 0.6 is 0 Å². The van der Waals surface area contributed by atoms with Crippen molar-refractivity contribution in [1.82, 2.24) is 0 Å². The largest absolute Gasteiger partial charge is 0.461 e. The first-order valence-corrected chi connectivity index (χ1v) is 2.27. The molecule has 0 saturated heterocycles. The Morgan fingerprint density at radius 3 is 2.00 bits per heavy atom. The number of ketones is 1. The molecule has 51 valence electrons. The summed E-state index contributed by atoms with van der Waals surface area (Å²) < 4.78 is 0. The van der Waals surface area contributed by atoms with Crippen molar-refractivity contribution in [3.8, 4) is 0 Å². The number of Topliss-reactive ketones (excluding diaryl/α,β-unsaturated/α-hetero) is 1. The van der Waals surface area contributed by atoms with Crippen molar-refractivity contribution in [3.05, 3.63) is 6.54 Å². The van der Waals surface area contributed by atoms with Crippen LogP contribution in [0, 0.1) is 12.5 Å². The summed E-state index contributed by atoms with van der Waals surface area (Å²) in [5.41, 5.74) is 4.90. The molecule has 0 aromatic rings. The van der Waals surface area contributed by atoms with E-state index >= 15 is 0 Å². The van der Waals surface area contributed by atoms with Crippen molar-refractivity contribution < 1.29 is 24.3 Å². The predicted octanol–water partition coefficient (Wildman–Crippen LogP) is 0.329. The van der Waals surface area contributed by atoms with Crippen LogP contribution in [0.4, 0.5) is 0 Å². The van der Waals surface area contributed by atoms with E-state index in [0.717, 1.165) is 6.54 Å². The molecule has 1 radical (unpaired) electrons. The third-order valence-corrected chi connectivity index (χ3v) is 0.733. The average Bonchev–Trinajstić information content (AvgIpc) is 1.65. The smallest absolute Gasteiger partial charge is 0.0138 e. The Kier molecular flexibility index (Phi) is 7.23. The molecule has 0 amide bonds. The van der Waals surface area contributed by atoms with E-state index in [1.54, 1.807) is 0 Å². The molecule has 0 unspecified atom stereocenters. The van der Waals surface area contributed by atoms with E-state index in [2.05, 4.69) is 0 Å². The summed E-state index contributed by atoms with van der Waals surface area (Å²) in [6, 6.07) is 0. The monoisotopic (exact) mass is 203 g/mol. The molecule has 3 heteroatoms. The van der Waals surface area contributed by atoms with E-state index in [4.69, 9.17) is 5.73 Å². The van der Waals surface area contributed by atoms with Crippen LogP contribution in [0.25, 0.3) is 0 Å². The maximum Gasteiger partial charge on any atom is 0.0138 e. The van der Waals surface area contributed by atoms with Gasteiger partial charge in [0.25, 0.3) is 0 Å². The molecule has 0 aromatic heterocycles. The van der Waals surface area contributed by atoms with Gasteiger partial charge in [0, 0.05) is 25.3 Å². The third kappa shape index (κ3) is 4.29. The first-order valence-electron chi connectivity index (χ1n) is 2.27. The minimum absolute atomic E-state index is 0. The number of carbonyl (C=O) groups is 1. The molecule has 0 aliphatic rings. The molecule has 2 N–H and O–H groups in total. The number of hydrogen-bond acceptors (Lipinski definition) is 2. The second-order valence-electron chi connectivity index (χ2n) is 1.72. The second kappa shape index (κ2) is 5.26. The number of nitrogens with two attached hydrogens (primary N) is 1. The molecule has 0 spiro atoms. The van der Waals surface area contributed by atoms with Crippen LogP contribution in [-0.4, -0.2) is 5.78 Å². The van der Waals surface area contributed by atoms with Gasteiger partial charge in [-0.2, -0.15) is 0 Å². The van der Waals surface area contributed by atoms with Crippen LogP contribution in [-0.2, 0) is 24.3 Å². The van der Waals surface area contributed by atoms with Gasteiger partial charge in [-0.3, -0.25) is 6.54 Å². The normalized spacial score (nSPS) is 8.00. The maximum absolute atomic E-state index is 10.3. The standard InChI is InChI=1S/C5H10NO.Rh/c1-4(2)5(7)3-6;/h3-4H,6H2,1-2H3;/q-1;. The molecule has 2 nitrogen and oxygen atoms in total. The van der Waals surface area contributed by atoms with Crippen molar-refractivity contribution in [3.63, 3.8) is 0 Å². The summed E-state index contributed by atoms with van der Waals surface area (Å²) in [4.78, 5) is 10.3. The van der Waals surface area contributed by atoms with E-state index in [-0.39, 0.29) is 31.2 Å². The fraction of sp³-hybridized carbons (Fsp3) is 0.600. The van der Waals surface area contributed by atoms with Crippen molar-refractivity contribution in [2.45, 2.75) is 13.8 Å². The second-order valence-corrected chi connectivity index (χ2v) is 1.72. The molecule has 0 heterocycles. The van der Waals surface area contributed by atoms with E-state index < -0.39 is 0 Å². The summed E-state index contributed by atoms with van der Waals surface area (Å²) in [6.07, 6.45) is 0. The minimum atomic E-state index is 0. The van der Waals surface area contributed by atoms with Gasteiger partial charge in [0.1, 0.15) is 0 Å². The van der Waals surface area contributed by atoms with Crippen molar-refractivity contribution in [2.75, 3.05) is 0 Å². The molecule has 0 aromatic carbocycles. The van der Waals surface area contributed by atoms with Gasteiger partial charge in [0.2, 0.25) is 0 Å². The van der Waals surface area contributed by atoms with Crippen LogP contribution in [0.5, 0.6) is 0 Å². The summed E-state index contributed by atoms with van der Waals surface area (Å²) in [6.45, 7) is 4.72. The van der Waals surface area contributed by atoms with Gasteiger partial charge in [-0.15, -0.1) is 0 Å². The van der Waals surface area contributed by atoms with Gasteiger partial charge >= 0.3 is 0 Å². The van der Waals surface area contributed by atoms with Crippen molar-refractivity contribution in [2.24, 2.45) is 11.7 Å². The van der Waals surface area contributed by atoms with E-state index in [1.165, 1.54) is 0 Å². The molecule has 0 fully saturated rings. The van der Waals surface area contributed by atoms with Crippen LogP contribution in [0.2, 0.25) is 0 Å². The molecule has 0 aliphatic carbocycles. The number of hydrogen-bond donors (Lipinski definition) is 1. The zero-order chi connectivity index (χ0) is 5.86. The van der Waals surface area contributed by atoms with Gasteiger partial charge in [-0.25, -0.2) is 0 Å². The Balaban J connectivity index is 0. The Morgan fingerprint density at radius 1 is 1.62 bits per heavy atom. The molecule has 0 rings (SSSR count). The Labute approximate surface area is 62.6 Å². The Bertz CT molecular complexity index is 72.8. The molecule has 8 heavy (non-hydrogen) atoms. The van der Waals surface area contributed by atoms with Crippen molar-refractivity contribution in [1.29, 1.82) is 0 Å². The zero-order valence-electron chi connectivity index (χ0n) is 4.97. The number of carbonyl (C=O) groups excluding carboxylic acids is 1. The van der Waals surface area contributed by atoms with Gasteiger partial charge in [-0.1, -0.05) is 13.8 Å². The summed E-state index contributed by atoms with van der Waals surface area (Å²) in [5.74, 6) is 0.0463. The van der Waals surface area contributed by atoms with E-state index in [0.29, 0.717) is 0 Å². The summed E-state index contributed by atoms with van der Waals surface area (Å²) in [7, 11) is 0. The Morgan fingerprint density at radius 2 is 2.00 bits per heavy atom. The van der Waals surface area contributed by atoms with Crippen LogP contribution < -0.4 is 5.73 Å². The fourth-order valence-electron chi connectivity index (χ4n) is 0.192. The van der Waals surface area contributed by atoms with E-state index in [9.17, 15) is 4.79 Å². The van der Waals surface area contributed by atoms with Gasteiger partial charge in [-0.05, 0) is 5.92 Å². The first-order chi connectivity index (χ1) is 3.18. The van der Waals surface area contributed by atoms with Crippen LogP contribution in [0.3, 0.4) is 0 Å². The predicted molar refractivity (Wildman–Crippen MR) is 28.3 cm³/mol. The third-order valence-electron chi connectivity index (χ3n) is 0.733. The summed E-state index contributed by atoms with van der Waals surface area (Å²) in [5, 5.41) is 0. The van der Waals surface area contributed by atoms with Gasteiger partial charge < -0.3 is 10.5 Å². The summed E-state index contributed by atoms with van der Waals surface area (Å²) >= 11 is 0. The first kappa shape index (κ1) is 11.0. The molecule has 0 bridgehead atoms. The molecular formula is C5H10NORh-. The van der Waals surface area contributed by atoms with Crippen LogP contribution in [0.1, 0.15) is 13.8 Å². The fourth-order valence-corrected chi connectivity index (χ4v) is 0.192. The number of rotatable bonds is 2. The minimum Gasteiger partial charge on any atom is -0.461 e. The SMILES string of the molecule is CC(C)C(=O)[CH-]N.[Rh]. The zero-order valence-corrected chi connectivity index (χ0v) is 6.61. The molecule has 0 atom stereocenters. The van der Waals surface area contributed by atoms with Gasteiger partial charge in [0.15, 0.2) is 0 Å².